The SMILES string of the molecule is CCOC(=O)c1c(NC(=O)C(CC)NS(=O)(=O)c2ccc(F)cc2)sc2c1CCCC2. The number of esters is 1. The number of benzene rings is 1. The molecule has 0 radical (unpaired) electrons. The van der Waals surface area contributed by atoms with E-state index < -0.39 is 33.8 Å². The van der Waals surface area contributed by atoms with Crippen LogP contribution in [0.1, 0.15) is 53.9 Å². The summed E-state index contributed by atoms with van der Waals surface area (Å²) >= 11 is 1.34. The zero-order chi connectivity index (χ0) is 22.6. The molecular formula is C21H25FN2O5S2. The van der Waals surface area contributed by atoms with E-state index in [1.54, 1.807) is 13.8 Å². The molecule has 1 atom stereocenters. The normalized spacial score (nSPS) is 14.5. The highest BCUT2D eigenvalue weighted by Gasteiger charge is 2.30. The summed E-state index contributed by atoms with van der Waals surface area (Å²) in [6.45, 7) is 3.60. The molecule has 1 aromatic carbocycles. The summed E-state index contributed by atoms with van der Waals surface area (Å²) in [6.07, 6.45) is 3.73. The van der Waals surface area contributed by atoms with Gasteiger partial charge in [-0.15, -0.1) is 11.3 Å². The first-order chi connectivity index (χ1) is 14.8. The van der Waals surface area contributed by atoms with Gasteiger partial charge in [0.1, 0.15) is 16.9 Å². The average molecular weight is 469 g/mol. The molecule has 10 heteroatoms. The highest BCUT2D eigenvalue weighted by molar-refractivity contribution is 7.89. The zero-order valence-corrected chi connectivity index (χ0v) is 19.0. The molecule has 3 rings (SSSR count). The third-order valence-corrected chi connectivity index (χ3v) is 7.73. The third-order valence-electron chi connectivity index (χ3n) is 5.03. The molecule has 1 unspecified atom stereocenters. The molecule has 0 aliphatic heterocycles. The number of halogens is 1. The van der Waals surface area contributed by atoms with Crippen LogP contribution in [-0.2, 0) is 32.4 Å². The number of nitrogens with one attached hydrogen (secondary N) is 2. The Morgan fingerprint density at radius 2 is 1.84 bits per heavy atom. The van der Waals surface area contributed by atoms with Crippen molar-refractivity contribution in [3.05, 3.63) is 46.1 Å². The van der Waals surface area contributed by atoms with Crippen molar-refractivity contribution >= 4 is 38.2 Å². The fraction of sp³-hybridized carbons (Fsp3) is 0.429. The van der Waals surface area contributed by atoms with Crippen molar-refractivity contribution in [1.29, 1.82) is 0 Å². The molecule has 1 aromatic heterocycles. The quantitative estimate of drug-likeness (QED) is 0.576. The van der Waals surface area contributed by atoms with E-state index in [1.807, 2.05) is 0 Å². The summed E-state index contributed by atoms with van der Waals surface area (Å²) in [7, 11) is -4.03. The van der Waals surface area contributed by atoms with Crippen molar-refractivity contribution in [3.8, 4) is 0 Å². The van der Waals surface area contributed by atoms with E-state index in [1.165, 1.54) is 11.3 Å². The van der Waals surface area contributed by atoms with E-state index >= 15 is 0 Å². The summed E-state index contributed by atoms with van der Waals surface area (Å²) < 4.78 is 45.9. The maximum absolute atomic E-state index is 13.1. The summed E-state index contributed by atoms with van der Waals surface area (Å²) in [6, 6.07) is 3.28. The number of fused-ring (bicyclic) bond motifs is 1. The van der Waals surface area contributed by atoms with Gasteiger partial charge >= 0.3 is 5.97 Å². The highest BCUT2D eigenvalue weighted by atomic mass is 32.2. The van der Waals surface area contributed by atoms with Gasteiger partial charge in [0.2, 0.25) is 15.9 Å². The average Bonchev–Trinajstić information content (AvgIpc) is 3.10. The molecule has 2 aromatic rings. The Hall–Kier alpha value is -2.30. The Labute approximate surface area is 185 Å². The van der Waals surface area contributed by atoms with Crippen molar-refractivity contribution in [2.45, 2.75) is 56.9 Å². The topological polar surface area (TPSA) is 102 Å². The van der Waals surface area contributed by atoms with Crippen LogP contribution in [0, 0.1) is 5.82 Å². The van der Waals surface area contributed by atoms with Gasteiger partial charge in [-0.25, -0.2) is 17.6 Å². The van der Waals surface area contributed by atoms with E-state index in [4.69, 9.17) is 4.74 Å². The zero-order valence-electron chi connectivity index (χ0n) is 17.4. The lowest BCUT2D eigenvalue weighted by Crippen LogP contribution is -2.43. The van der Waals surface area contributed by atoms with E-state index in [0.29, 0.717) is 10.6 Å². The molecule has 0 fully saturated rings. The van der Waals surface area contributed by atoms with Gasteiger partial charge in [-0.1, -0.05) is 6.92 Å². The van der Waals surface area contributed by atoms with Crippen LogP contribution in [0.25, 0.3) is 0 Å². The predicted molar refractivity (Wildman–Crippen MR) is 116 cm³/mol. The Kier molecular flexibility index (Phi) is 7.45. The molecule has 1 amide bonds. The predicted octanol–water partition coefficient (Wildman–Crippen LogP) is 3.64. The summed E-state index contributed by atoms with van der Waals surface area (Å²) in [5.41, 5.74) is 1.27. The van der Waals surface area contributed by atoms with Crippen LogP contribution in [0.15, 0.2) is 29.2 Å². The lowest BCUT2D eigenvalue weighted by Gasteiger charge is -2.17. The van der Waals surface area contributed by atoms with E-state index in [-0.39, 0.29) is 17.9 Å². The van der Waals surface area contributed by atoms with Gasteiger partial charge < -0.3 is 10.1 Å². The second-order valence-electron chi connectivity index (χ2n) is 7.16. The number of rotatable bonds is 8. The molecule has 1 aliphatic rings. The number of anilines is 1. The fourth-order valence-electron chi connectivity index (χ4n) is 3.46. The van der Waals surface area contributed by atoms with Gasteiger partial charge in [0.25, 0.3) is 0 Å². The number of amides is 1. The number of carbonyl (C=O) groups excluding carboxylic acids is 2. The molecule has 0 bridgehead atoms. The summed E-state index contributed by atoms with van der Waals surface area (Å²) in [5.74, 6) is -1.62. The van der Waals surface area contributed by atoms with Gasteiger partial charge in [0.15, 0.2) is 0 Å². The van der Waals surface area contributed by atoms with E-state index in [0.717, 1.165) is 60.4 Å². The molecular weight excluding hydrogens is 443 g/mol. The maximum Gasteiger partial charge on any atom is 0.341 e. The molecule has 1 aliphatic carbocycles. The lowest BCUT2D eigenvalue weighted by atomic mass is 9.95. The van der Waals surface area contributed by atoms with E-state index in [2.05, 4.69) is 10.0 Å². The standard InChI is InChI=1S/C21H25FN2O5S2/c1-3-16(24-31(27,28)14-11-9-13(22)10-12-14)19(25)23-20-18(21(26)29-4-2)15-7-5-6-8-17(15)30-20/h9-12,16,24H,3-8H2,1-2H3,(H,23,25). The molecule has 1 heterocycles. The minimum atomic E-state index is -4.03. The van der Waals surface area contributed by atoms with Crippen molar-refractivity contribution in [2.75, 3.05) is 11.9 Å². The molecule has 0 saturated heterocycles. The van der Waals surface area contributed by atoms with Crippen molar-refractivity contribution in [1.82, 2.24) is 4.72 Å². The van der Waals surface area contributed by atoms with Crippen LogP contribution in [-0.4, -0.2) is 32.9 Å². The van der Waals surface area contributed by atoms with Gasteiger partial charge in [-0.2, -0.15) is 4.72 Å². The number of hydrogen-bond acceptors (Lipinski definition) is 6. The number of thiophene rings is 1. The van der Waals surface area contributed by atoms with Crippen LogP contribution in [0.4, 0.5) is 9.39 Å². The first-order valence-corrected chi connectivity index (χ1v) is 12.5. The second kappa shape index (κ2) is 9.88. The molecule has 31 heavy (non-hydrogen) atoms. The first kappa shape index (κ1) is 23.4. The van der Waals surface area contributed by atoms with E-state index in [9.17, 15) is 22.4 Å². The number of ether oxygens (including phenoxy) is 1. The van der Waals surface area contributed by atoms with Crippen molar-refractivity contribution in [3.63, 3.8) is 0 Å². The minimum Gasteiger partial charge on any atom is -0.462 e. The molecule has 168 valence electrons. The summed E-state index contributed by atoms with van der Waals surface area (Å²) in [5, 5.41) is 3.12. The third kappa shape index (κ3) is 5.31. The van der Waals surface area contributed by atoms with Gasteiger partial charge in [0.05, 0.1) is 17.1 Å². The molecule has 2 N–H and O–H groups in total. The van der Waals surface area contributed by atoms with Crippen molar-refractivity contribution in [2.24, 2.45) is 0 Å². The van der Waals surface area contributed by atoms with Crippen molar-refractivity contribution < 1.29 is 27.1 Å². The fourth-order valence-corrected chi connectivity index (χ4v) is 6.02. The monoisotopic (exact) mass is 468 g/mol. The molecule has 7 nitrogen and oxygen atoms in total. The Morgan fingerprint density at radius 3 is 2.48 bits per heavy atom. The largest absolute Gasteiger partial charge is 0.462 e. The lowest BCUT2D eigenvalue weighted by molar-refractivity contribution is -0.117. The Morgan fingerprint density at radius 1 is 1.16 bits per heavy atom. The Balaban J connectivity index is 1.83. The van der Waals surface area contributed by atoms with Crippen LogP contribution in [0.2, 0.25) is 0 Å². The number of sulfonamides is 1. The van der Waals surface area contributed by atoms with Gasteiger partial charge in [-0.05, 0) is 68.9 Å². The van der Waals surface area contributed by atoms with Crippen LogP contribution in [0.5, 0.6) is 0 Å². The molecule has 0 saturated carbocycles. The smallest absolute Gasteiger partial charge is 0.341 e. The number of hydrogen-bond donors (Lipinski definition) is 2. The van der Waals surface area contributed by atoms with Gasteiger partial charge in [-0.3, -0.25) is 4.79 Å². The maximum atomic E-state index is 13.1. The molecule has 0 spiro atoms. The van der Waals surface area contributed by atoms with Gasteiger partial charge in [0, 0.05) is 4.88 Å². The first-order valence-electron chi connectivity index (χ1n) is 10.2. The second-order valence-corrected chi connectivity index (χ2v) is 9.98. The summed E-state index contributed by atoms with van der Waals surface area (Å²) in [4.78, 5) is 26.4. The van der Waals surface area contributed by atoms with Crippen LogP contribution >= 0.6 is 11.3 Å². The number of carbonyl (C=O) groups is 2. The minimum absolute atomic E-state index is 0.140. The number of aryl methyl sites for hydroxylation is 1. The van der Waals surface area contributed by atoms with Crippen LogP contribution in [0.3, 0.4) is 0 Å². The Bertz CT molecular complexity index is 1060. The highest BCUT2D eigenvalue weighted by Crippen LogP contribution is 2.38. The van der Waals surface area contributed by atoms with Crippen LogP contribution < -0.4 is 10.0 Å².